The van der Waals surface area contributed by atoms with Crippen molar-refractivity contribution in [1.29, 1.82) is 5.26 Å². The van der Waals surface area contributed by atoms with Crippen LogP contribution in [0, 0.1) is 25.2 Å². The molecule has 90 valence electrons. The van der Waals surface area contributed by atoms with Gasteiger partial charge in [-0.3, -0.25) is 0 Å². The number of nitrogens with zero attached hydrogens (tertiary/aromatic N) is 1. The van der Waals surface area contributed by atoms with E-state index in [1.54, 1.807) is 18.9 Å². The van der Waals surface area contributed by atoms with Gasteiger partial charge in [-0.1, -0.05) is 11.8 Å². The number of nitriles is 1. The zero-order chi connectivity index (χ0) is 12.5. The molecule has 1 aromatic rings. The Kier molecular flexibility index (Phi) is 3.35. The fraction of sp³-hybridized carbons (Fsp3) is 0.500. The third-order valence-electron chi connectivity index (χ3n) is 3.45. The van der Waals surface area contributed by atoms with Gasteiger partial charge < -0.3 is 4.74 Å². The van der Waals surface area contributed by atoms with Crippen LogP contribution in [0.1, 0.15) is 30.4 Å². The highest BCUT2D eigenvalue weighted by Crippen LogP contribution is 2.49. The maximum atomic E-state index is 9.27. The Bertz CT molecular complexity index is 472. The summed E-state index contributed by atoms with van der Waals surface area (Å²) in [4.78, 5) is 1.09. The molecular weight excluding hydrogens is 230 g/mol. The van der Waals surface area contributed by atoms with Crippen LogP contribution in [-0.4, -0.2) is 11.9 Å². The Morgan fingerprint density at radius 3 is 2.41 bits per heavy atom. The molecule has 0 saturated heterocycles. The quantitative estimate of drug-likeness (QED) is 0.813. The number of aryl methyl sites for hydroxylation is 2. The van der Waals surface area contributed by atoms with Crippen LogP contribution in [0.2, 0.25) is 0 Å². The van der Waals surface area contributed by atoms with Crippen LogP contribution in [-0.2, 0) is 0 Å². The van der Waals surface area contributed by atoms with E-state index in [4.69, 9.17) is 4.74 Å². The molecule has 1 saturated carbocycles. The summed E-state index contributed by atoms with van der Waals surface area (Å²) < 4.78 is 5.20. The van der Waals surface area contributed by atoms with Gasteiger partial charge in [0.15, 0.2) is 0 Å². The lowest BCUT2D eigenvalue weighted by Gasteiger charge is -2.34. The number of hydrogen-bond acceptors (Lipinski definition) is 3. The standard InChI is InChI=1S/C14H17NOS/c1-10-7-12(16-3)13(8-11(10)2)17-14(9-15)5-4-6-14/h7-8H,4-6H2,1-3H3. The van der Waals surface area contributed by atoms with Gasteiger partial charge in [-0.2, -0.15) is 5.26 Å². The maximum Gasteiger partial charge on any atom is 0.132 e. The van der Waals surface area contributed by atoms with Crippen molar-refractivity contribution in [3.8, 4) is 11.8 Å². The molecule has 0 aromatic heterocycles. The smallest absolute Gasteiger partial charge is 0.132 e. The van der Waals surface area contributed by atoms with Crippen LogP contribution < -0.4 is 4.74 Å². The topological polar surface area (TPSA) is 33.0 Å². The van der Waals surface area contributed by atoms with Crippen molar-refractivity contribution in [1.82, 2.24) is 0 Å². The first-order valence-corrected chi connectivity index (χ1v) is 6.67. The molecule has 0 atom stereocenters. The fourth-order valence-corrected chi connectivity index (χ4v) is 3.39. The number of benzene rings is 1. The average Bonchev–Trinajstić information content (AvgIpc) is 2.27. The molecule has 1 aromatic carbocycles. The molecular formula is C14H17NOS. The van der Waals surface area contributed by atoms with Crippen LogP contribution in [0.25, 0.3) is 0 Å². The first-order chi connectivity index (χ1) is 8.10. The van der Waals surface area contributed by atoms with Gasteiger partial charge in [0.05, 0.1) is 18.1 Å². The lowest BCUT2D eigenvalue weighted by atomic mass is 9.86. The summed E-state index contributed by atoms with van der Waals surface area (Å²) in [6, 6.07) is 6.65. The Balaban J connectivity index is 2.32. The number of thioether (sulfide) groups is 1. The van der Waals surface area contributed by atoms with Gasteiger partial charge >= 0.3 is 0 Å². The summed E-state index contributed by atoms with van der Waals surface area (Å²) >= 11 is 1.67. The van der Waals surface area contributed by atoms with E-state index in [1.807, 2.05) is 0 Å². The van der Waals surface area contributed by atoms with Crippen molar-refractivity contribution < 1.29 is 4.74 Å². The van der Waals surface area contributed by atoms with E-state index in [0.29, 0.717) is 0 Å². The molecule has 0 spiro atoms. The predicted molar refractivity (Wildman–Crippen MR) is 70.5 cm³/mol. The van der Waals surface area contributed by atoms with E-state index in [0.717, 1.165) is 29.9 Å². The molecule has 0 radical (unpaired) electrons. The van der Waals surface area contributed by atoms with Gasteiger partial charge in [0.25, 0.3) is 0 Å². The van der Waals surface area contributed by atoms with Crippen molar-refractivity contribution in [2.45, 2.75) is 42.8 Å². The molecule has 3 heteroatoms. The molecule has 1 aliphatic rings. The Morgan fingerprint density at radius 2 is 1.94 bits per heavy atom. The van der Waals surface area contributed by atoms with Crippen LogP contribution in [0.3, 0.4) is 0 Å². The minimum atomic E-state index is -0.213. The molecule has 0 bridgehead atoms. The second kappa shape index (κ2) is 4.62. The molecule has 2 rings (SSSR count). The molecule has 0 amide bonds. The minimum absolute atomic E-state index is 0.213. The van der Waals surface area contributed by atoms with Gasteiger partial charge in [-0.25, -0.2) is 0 Å². The number of rotatable bonds is 3. The van der Waals surface area contributed by atoms with E-state index in [-0.39, 0.29) is 4.75 Å². The average molecular weight is 247 g/mol. The van der Waals surface area contributed by atoms with Crippen LogP contribution in [0.5, 0.6) is 5.75 Å². The monoisotopic (exact) mass is 247 g/mol. The first-order valence-electron chi connectivity index (χ1n) is 5.86. The van der Waals surface area contributed by atoms with E-state index in [2.05, 4.69) is 32.0 Å². The van der Waals surface area contributed by atoms with Gasteiger partial charge in [0, 0.05) is 0 Å². The minimum Gasteiger partial charge on any atom is -0.496 e. The summed E-state index contributed by atoms with van der Waals surface area (Å²) in [6.45, 7) is 4.17. The van der Waals surface area contributed by atoms with Gasteiger partial charge in [-0.15, -0.1) is 0 Å². The zero-order valence-electron chi connectivity index (χ0n) is 10.5. The molecule has 0 N–H and O–H groups in total. The van der Waals surface area contributed by atoms with Crippen LogP contribution in [0.15, 0.2) is 17.0 Å². The summed E-state index contributed by atoms with van der Waals surface area (Å²) in [7, 11) is 1.69. The van der Waals surface area contributed by atoms with E-state index in [1.165, 1.54) is 11.1 Å². The van der Waals surface area contributed by atoms with Gasteiger partial charge in [0.1, 0.15) is 10.5 Å². The first kappa shape index (κ1) is 12.3. The second-order valence-corrected chi connectivity index (χ2v) is 6.07. The van der Waals surface area contributed by atoms with Crippen LogP contribution in [0.4, 0.5) is 0 Å². The fourth-order valence-electron chi connectivity index (χ4n) is 1.95. The third-order valence-corrected chi connectivity index (χ3v) is 4.88. The number of hydrogen-bond donors (Lipinski definition) is 0. The lowest BCUT2D eigenvalue weighted by molar-refractivity contribution is 0.402. The molecule has 17 heavy (non-hydrogen) atoms. The van der Waals surface area contributed by atoms with Crippen molar-refractivity contribution in [3.63, 3.8) is 0 Å². The molecule has 0 aliphatic heterocycles. The van der Waals surface area contributed by atoms with E-state index < -0.39 is 0 Å². The van der Waals surface area contributed by atoms with Gasteiger partial charge in [-0.05, 0) is 56.4 Å². The van der Waals surface area contributed by atoms with Crippen molar-refractivity contribution in [3.05, 3.63) is 23.3 Å². The van der Waals surface area contributed by atoms with Crippen molar-refractivity contribution >= 4 is 11.8 Å². The highest BCUT2D eigenvalue weighted by atomic mass is 32.2. The Labute approximate surface area is 107 Å². The second-order valence-electron chi connectivity index (χ2n) is 4.65. The Hall–Kier alpha value is -1.14. The van der Waals surface area contributed by atoms with Crippen molar-refractivity contribution in [2.75, 3.05) is 7.11 Å². The largest absolute Gasteiger partial charge is 0.496 e. The summed E-state index contributed by atoms with van der Waals surface area (Å²) in [5.41, 5.74) is 2.48. The summed E-state index contributed by atoms with van der Waals surface area (Å²) in [5.74, 6) is 0.889. The zero-order valence-corrected chi connectivity index (χ0v) is 11.4. The summed E-state index contributed by atoms with van der Waals surface area (Å²) in [6.07, 6.45) is 3.14. The predicted octanol–water partition coefficient (Wildman–Crippen LogP) is 3.85. The molecule has 1 aliphatic carbocycles. The highest BCUT2D eigenvalue weighted by molar-refractivity contribution is 8.01. The molecule has 0 heterocycles. The Morgan fingerprint density at radius 1 is 1.29 bits per heavy atom. The maximum absolute atomic E-state index is 9.27. The highest BCUT2D eigenvalue weighted by Gasteiger charge is 2.39. The van der Waals surface area contributed by atoms with Crippen molar-refractivity contribution in [2.24, 2.45) is 0 Å². The number of methoxy groups -OCH3 is 1. The lowest BCUT2D eigenvalue weighted by Crippen LogP contribution is -2.31. The molecule has 1 fully saturated rings. The SMILES string of the molecule is COc1cc(C)c(C)cc1SC1(C#N)CCC1. The molecule has 0 unspecified atom stereocenters. The molecule has 2 nitrogen and oxygen atoms in total. The number of ether oxygens (including phenoxy) is 1. The van der Waals surface area contributed by atoms with Gasteiger partial charge in [0.2, 0.25) is 0 Å². The van der Waals surface area contributed by atoms with E-state index in [9.17, 15) is 5.26 Å². The van der Waals surface area contributed by atoms with E-state index >= 15 is 0 Å². The third kappa shape index (κ3) is 2.28. The van der Waals surface area contributed by atoms with Crippen LogP contribution >= 0.6 is 11.8 Å². The summed E-state index contributed by atoms with van der Waals surface area (Å²) in [5, 5.41) is 9.27. The normalized spacial score (nSPS) is 17.1.